The van der Waals surface area contributed by atoms with Gasteiger partial charge in [-0.2, -0.15) is 0 Å². The Kier molecular flexibility index (Phi) is 5.42. The Hall–Kier alpha value is -0.160. The summed E-state index contributed by atoms with van der Waals surface area (Å²) in [5.74, 6) is 0.877. The predicted octanol–water partition coefficient (Wildman–Crippen LogP) is 6.06. The van der Waals surface area contributed by atoms with E-state index < -0.39 is 11.4 Å². The van der Waals surface area contributed by atoms with Crippen LogP contribution in [-0.4, -0.2) is 38.4 Å². The molecule has 0 aromatic carbocycles. The number of aliphatic hydroxyl groups excluding tert-OH is 1. The summed E-state index contributed by atoms with van der Waals surface area (Å²) >= 11 is 0. The molecule has 10 atom stereocenters. The number of fused-ring (bicyclic) bond motifs is 5. The zero-order valence-electron chi connectivity index (χ0n) is 23.2. The first-order chi connectivity index (χ1) is 15.4. The highest BCUT2D eigenvalue weighted by Crippen LogP contribution is 2.76. The van der Waals surface area contributed by atoms with E-state index >= 15 is 0 Å². The summed E-state index contributed by atoms with van der Waals surface area (Å²) in [7, 11) is 0. The van der Waals surface area contributed by atoms with Crippen LogP contribution < -0.4 is 0 Å². The van der Waals surface area contributed by atoms with Crippen LogP contribution >= 0.6 is 0 Å². The largest absolute Gasteiger partial charge is 0.393 e. The second kappa shape index (κ2) is 7.23. The first kappa shape index (κ1) is 25.5. The van der Waals surface area contributed by atoms with E-state index in [-0.39, 0.29) is 22.5 Å². The van der Waals surface area contributed by atoms with Gasteiger partial charge in [-0.15, -0.1) is 0 Å². The van der Waals surface area contributed by atoms with Crippen LogP contribution in [0.15, 0.2) is 0 Å². The molecule has 4 saturated carbocycles. The van der Waals surface area contributed by atoms with Crippen LogP contribution in [0.3, 0.4) is 0 Å². The lowest BCUT2D eigenvalue weighted by Gasteiger charge is -2.70. The van der Waals surface area contributed by atoms with Crippen molar-refractivity contribution in [3.63, 3.8) is 0 Å². The van der Waals surface area contributed by atoms with Gasteiger partial charge in [-0.1, -0.05) is 34.6 Å². The van der Waals surface area contributed by atoms with E-state index in [4.69, 9.17) is 4.74 Å². The van der Waals surface area contributed by atoms with Crippen LogP contribution in [0.5, 0.6) is 0 Å². The Labute approximate surface area is 208 Å². The van der Waals surface area contributed by atoms with Gasteiger partial charge in [0, 0.05) is 6.42 Å². The molecule has 1 saturated heterocycles. The van der Waals surface area contributed by atoms with Gasteiger partial charge in [0.2, 0.25) is 0 Å². The van der Waals surface area contributed by atoms with Crippen molar-refractivity contribution >= 4 is 0 Å². The summed E-state index contributed by atoms with van der Waals surface area (Å²) in [6.45, 7) is 18.0. The molecular weight excluding hydrogens is 424 g/mol. The fourth-order valence-corrected chi connectivity index (χ4v) is 11.1. The third-order valence-corrected chi connectivity index (χ3v) is 13.5. The molecule has 34 heavy (non-hydrogen) atoms. The van der Waals surface area contributed by atoms with Gasteiger partial charge in [0.05, 0.1) is 11.7 Å². The Morgan fingerprint density at radius 3 is 1.97 bits per heavy atom. The first-order valence-electron chi connectivity index (χ1n) is 14.3. The van der Waals surface area contributed by atoms with E-state index in [1.165, 1.54) is 32.1 Å². The molecule has 4 nitrogen and oxygen atoms in total. The van der Waals surface area contributed by atoms with Crippen molar-refractivity contribution in [3.05, 3.63) is 0 Å². The number of hydrogen-bond acceptors (Lipinski definition) is 4. The van der Waals surface area contributed by atoms with Gasteiger partial charge >= 0.3 is 0 Å². The minimum Gasteiger partial charge on any atom is -0.393 e. The van der Waals surface area contributed by atoms with E-state index in [2.05, 4.69) is 41.5 Å². The molecule has 4 aliphatic carbocycles. The molecule has 3 N–H and O–H groups in total. The summed E-state index contributed by atoms with van der Waals surface area (Å²) in [5, 5.41) is 32.7. The van der Waals surface area contributed by atoms with Crippen molar-refractivity contribution in [3.8, 4) is 0 Å². The normalized spacial score (nSPS) is 57.1. The van der Waals surface area contributed by atoms with Crippen LogP contribution in [0.25, 0.3) is 0 Å². The van der Waals surface area contributed by atoms with Crippen LogP contribution in [0.2, 0.25) is 0 Å². The Morgan fingerprint density at radius 2 is 1.35 bits per heavy atom. The lowest BCUT2D eigenvalue weighted by Crippen LogP contribution is -2.64. The fraction of sp³-hybridized carbons (Fsp3) is 1.00. The van der Waals surface area contributed by atoms with Gasteiger partial charge < -0.3 is 20.1 Å². The van der Waals surface area contributed by atoms with Crippen LogP contribution in [0, 0.1) is 45.3 Å². The van der Waals surface area contributed by atoms with Crippen molar-refractivity contribution in [1.82, 2.24) is 0 Å². The quantitative estimate of drug-likeness (QED) is 0.453. The SMILES string of the molecule is CC1(C)[C@H](O)CC[C@]2(C)[C@H]3CC[C@@H]4[C@@H]([C@]5(C)CC[C@](O)(C(C)(C)O)O5)CC[C@@]4(C)[C@]3(C)CC[C@@H]12. The highest BCUT2D eigenvalue weighted by molar-refractivity contribution is 5.19. The molecule has 4 heteroatoms. The van der Waals surface area contributed by atoms with E-state index in [0.717, 1.165) is 25.7 Å². The van der Waals surface area contributed by atoms with Gasteiger partial charge in [-0.05, 0) is 124 Å². The maximum Gasteiger partial charge on any atom is 0.194 e. The van der Waals surface area contributed by atoms with Gasteiger partial charge in [-0.25, -0.2) is 0 Å². The zero-order valence-corrected chi connectivity index (χ0v) is 23.2. The average Bonchev–Trinajstić information content (AvgIpc) is 3.24. The molecule has 5 fully saturated rings. The minimum atomic E-state index is -1.46. The van der Waals surface area contributed by atoms with Crippen molar-refractivity contribution in [2.75, 3.05) is 0 Å². The second-order valence-corrected chi connectivity index (χ2v) is 15.4. The summed E-state index contributed by atoms with van der Waals surface area (Å²) in [6.07, 6.45) is 10.7. The molecule has 0 aromatic heterocycles. The molecule has 0 amide bonds. The standard InChI is InChI=1S/C30H52O4/c1-24(2)21-12-16-28(7)22(26(21,5)14-13-23(24)31)10-9-19-20(11-15-27(19,28)6)29(8)17-18-30(33,34-29)25(3,4)32/h19-23,31-33H,9-18H2,1-8H3/t19-,20+,21+,22-,23-,26+,27-,28-,29+,30-/m1/s1. The maximum absolute atomic E-state index is 11.2. The van der Waals surface area contributed by atoms with E-state index in [9.17, 15) is 15.3 Å². The highest BCUT2D eigenvalue weighted by atomic mass is 16.7. The van der Waals surface area contributed by atoms with Crippen molar-refractivity contribution in [2.24, 2.45) is 45.3 Å². The molecule has 0 unspecified atom stereocenters. The third-order valence-electron chi connectivity index (χ3n) is 13.5. The van der Waals surface area contributed by atoms with Crippen molar-refractivity contribution < 1.29 is 20.1 Å². The third kappa shape index (κ3) is 3.04. The molecule has 1 heterocycles. The summed E-state index contributed by atoms with van der Waals surface area (Å²) in [5.41, 5.74) is -0.764. The lowest BCUT2D eigenvalue weighted by molar-refractivity contribution is -0.306. The molecule has 0 spiro atoms. The molecule has 0 aromatic rings. The fourth-order valence-electron chi connectivity index (χ4n) is 11.1. The van der Waals surface area contributed by atoms with E-state index in [0.29, 0.717) is 40.9 Å². The summed E-state index contributed by atoms with van der Waals surface area (Å²) in [6, 6.07) is 0. The molecule has 196 valence electrons. The van der Waals surface area contributed by atoms with Gasteiger partial charge in [0.15, 0.2) is 5.79 Å². The van der Waals surface area contributed by atoms with Gasteiger partial charge in [0.1, 0.15) is 5.60 Å². The minimum absolute atomic E-state index is 0.00296. The smallest absolute Gasteiger partial charge is 0.194 e. The van der Waals surface area contributed by atoms with Gasteiger partial charge in [-0.3, -0.25) is 0 Å². The van der Waals surface area contributed by atoms with Crippen LogP contribution in [-0.2, 0) is 4.74 Å². The maximum atomic E-state index is 11.2. The lowest BCUT2D eigenvalue weighted by atomic mass is 9.35. The van der Waals surface area contributed by atoms with Crippen molar-refractivity contribution in [2.45, 2.75) is 143 Å². The molecule has 5 aliphatic rings. The Balaban J connectivity index is 1.45. The van der Waals surface area contributed by atoms with Crippen molar-refractivity contribution in [1.29, 1.82) is 0 Å². The Morgan fingerprint density at radius 1 is 0.706 bits per heavy atom. The summed E-state index contributed by atoms with van der Waals surface area (Å²) in [4.78, 5) is 0. The molecule has 1 aliphatic heterocycles. The monoisotopic (exact) mass is 476 g/mol. The molecule has 0 bridgehead atoms. The molecule has 5 rings (SSSR count). The molecular formula is C30H52O4. The van der Waals surface area contributed by atoms with E-state index in [1.54, 1.807) is 13.8 Å². The summed E-state index contributed by atoms with van der Waals surface area (Å²) < 4.78 is 6.47. The number of aliphatic hydroxyl groups is 3. The van der Waals surface area contributed by atoms with Crippen LogP contribution in [0.4, 0.5) is 0 Å². The second-order valence-electron chi connectivity index (χ2n) is 15.4. The predicted molar refractivity (Wildman–Crippen MR) is 135 cm³/mol. The molecule has 0 radical (unpaired) electrons. The van der Waals surface area contributed by atoms with Gasteiger partial charge in [0.25, 0.3) is 0 Å². The van der Waals surface area contributed by atoms with Crippen LogP contribution in [0.1, 0.15) is 120 Å². The Bertz CT molecular complexity index is 832. The number of hydrogen-bond donors (Lipinski definition) is 3. The number of ether oxygens (including phenoxy) is 1. The average molecular weight is 477 g/mol. The first-order valence-corrected chi connectivity index (χ1v) is 14.3. The number of rotatable bonds is 2. The van der Waals surface area contributed by atoms with E-state index in [1.807, 2.05) is 0 Å². The zero-order chi connectivity index (χ0) is 25.2. The topological polar surface area (TPSA) is 69.9 Å². The highest BCUT2D eigenvalue weighted by Gasteiger charge is 2.70.